The predicted molar refractivity (Wildman–Crippen MR) is 63.6 cm³/mol. The molecule has 1 aliphatic rings. The summed E-state index contributed by atoms with van der Waals surface area (Å²) in [7, 11) is 0. The zero-order chi connectivity index (χ0) is 13.9. The summed E-state index contributed by atoms with van der Waals surface area (Å²) in [6.45, 7) is 2.49. The van der Waals surface area contributed by atoms with Crippen LogP contribution in [0.1, 0.15) is 24.5 Å². The molecule has 1 N–H and O–H groups in total. The van der Waals surface area contributed by atoms with Crippen molar-refractivity contribution in [3.8, 4) is 0 Å². The standard InChI is InChI=1S/C12H18F3N3O/c1-9-6-17-11(19-9)7-16-10-2-4-18(5-3-10)8-12(13,14)15/h6,10,16H,2-5,7-8H2,1H3. The second kappa shape index (κ2) is 5.92. The van der Waals surface area contributed by atoms with E-state index in [0.29, 0.717) is 25.5 Å². The number of aromatic nitrogens is 1. The molecule has 0 spiro atoms. The second-order valence-corrected chi connectivity index (χ2v) is 4.91. The van der Waals surface area contributed by atoms with Crippen molar-refractivity contribution in [2.24, 2.45) is 0 Å². The zero-order valence-corrected chi connectivity index (χ0v) is 10.8. The molecule has 1 fully saturated rings. The molecule has 1 aliphatic heterocycles. The van der Waals surface area contributed by atoms with Crippen molar-refractivity contribution in [2.75, 3.05) is 19.6 Å². The lowest BCUT2D eigenvalue weighted by Crippen LogP contribution is -2.45. The van der Waals surface area contributed by atoms with Crippen LogP contribution >= 0.6 is 0 Å². The molecular weight excluding hydrogens is 259 g/mol. The van der Waals surface area contributed by atoms with E-state index in [9.17, 15) is 13.2 Å². The van der Waals surface area contributed by atoms with Crippen LogP contribution in [0.4, 0.5) is 13.2 Å². The Morgan fingerprint density at radius 2 is 2.11 bits per heavy atom. The maximum absolute atomic E-state index is 12.2. The number of alkyl halides is 3. The van der Waals surface area contributed by atoms with Crippen LogP contribution in [0, 0.1) is 6.92 Å². The van der Waals surface area contributed by atoms with Gasteiger partial charge in [0, 0.05) is 6.04 Å². The van der Waals surface area contributed by atoms with Crippen molar-refractivity contribution >= 4 is 0 Å². The maximum Gasteiger partial charge on any atom is 0.401 e. The topological polar surface area (TPSA) is 41.3 Å². The number of oxazole rings is 1. The number of rotatable bonds is 4. The van der Waals surface area contributed by atoms with Crippen LogP contribution in [0.15, 0.2) is 10.6 Å². The minimum Gasteiger partial charge on any atom is -0.445 e. The lowest BCUT2D eigenvalue weighted by molar-refractivity contribution is -0.148. The van der Waals surface area contributed by atoms with Gasteiger partial charge in [-0.15, -0.1) is 0 Å². The molecule has 4 nitrogen and oxygen atoms in total. The first-order valence-corrected chi connectivity index (χ1v) is 6.36. The van der Waals surface area contributed by atoms with Gasteiger partial charge in [0.05, 0.1) is 19.3 Å². The maximum atomic E-state index is 12.2. The van der Waals surface area contributed by atoms with Crippen molar-refractivity contribution in [1.82, 2.24) is 15.2 Å². The molecule has 19 heavy (non-hydrogen) atoms. The van der Waals surface area contributed by atoms with E-state index in [4.69, 9.17) is 4.42 Å². The smallest absolute Gasteiger partial charge is 0.401 e. The quantitative estimate of drug-likeness (QED) is 0.915. The Kier molecular flexibility index (Phi) is 4.46. The number of aryl methyl sites for hydroxylation is 1. The molecule has 0 atom stereocenters. The summed E-state index contributed by atoms with van der Waals surface area (Å²) < 4.78 is 42.0. The van der Waals surface area contributed by atoms with Crippen LogP contribution in [-0.2, 0) is 6.54 Å². The summed E-state index contributed by atoms with van der Waals surface area (Å²) in [4.78, 5) is 5.53. The predicted octanol–water partition coefficient (Wildman–Crippen LogP) is 2.10. The average Bonchev–Trinajstić information content (AvgIpc) is 2.72. The minimum atomic E-state index is -4.10. The highest BCUT2D eigenvalue weighted by atomic mass is 19.4. The molecule has 2 rings (SSSR count). The monoisotopic (exact) mass is 277 g/mol. The van der Waals surface area contributed by atoms with Gasteiger partial charge in [-0.1, -0.05) is 0 Å². The largest absolute Gasteiger partial charge is 0.445 e. The van der Waals surface area contributed by atoms with E-state index >= 15 is 0 Å². The molecule has 0 radical (unpaired) electrons. The molecule has 1 aromatic heterocycles. The summed E-state index contributed by atoms with van der Waals surface area (Å²) in [5.74, 6) is 1.38. The SMILES string of the molecule is Cc1cnc(CNC2CCN(CC(F)(F)F)CC2)o1. The molecule has 1 aromatic rings. The van der Waals surface area contributed by atoms with Gasteiger partial charge in [0.15, 0.2) is 0 Å². The summed E-state index contributed by atoms with van der Waals surface area (Å²) in [6, 6.07) is 0.233. The Hall–Kier alpha value is -1.08. The van der Waals surface area contributed by atoms with Crippen LogP contribution in [-0.4, -0.2) is 41.7 Å². The Morgan fingerprint density at radius 3 is 2.63 bits per heavy atom. The molecule has 0 aromatic carbocycles. The highest BCUT2D eigenvalue weighted by Crippen LogP contribution is 2.19. The van der Waals surface area contributed by atoms with Crippen molar-refractivity contribution < 1.29 is 17.6 Å². The molecular formula is C12H18F3N3O. The van der Waals surface area contributed by atoms with E-state index in [2.05, 4.69) is 10.3 Å². The summed E-state index contributed by atoms with van der Waals surface area (Å²) in [5, 5.41) is 3.27. The Morgan fingerprint density at radius 1 is 1.42 bits per heavy atom. The van der Waals surface area contributed by atoms with Gasteiger partial charge >= 0.3 is 6.18 Å². The number of piperidine rings is 1. The van der Waals surface area contributed by atoms with Crippen molar-refractivity contribution in [3.05, 3.63) is 17.8 Å². The molecule has 7 heteroatoms. The first-order chi connectivity index (χ1) is 8.92. The molecule has 0 aliphatic carbocycles. The zero-order valence-electron chi connectivity index (χ0n) is 10.8. The number of hydrogen-bond donors (Lipinski definition) is 1. The van der Waals surface area contributed by atoms with E-state index in [1.807, 2.05) is 6.92 Å². The third kappa shape index (κ3) is 4.83. The summed E-state index contributed by atoms with van der Waals surface area (Å²) >= 11 is 0. The fourth-order valence-electron chi connectivity index (χ4n) is 2.26. The molecule has 0 saturated carbocycles. The van der Waals surface area contributed by atoms with Gasteiger partial charge in [0.2, 0.25) is 5.89 Å². The van der Waals surface area contributed by atoms with Crippen LogP contribution < -0.4 is 5.32 Å². The van der Waals surface area contributed by atoms with Crippen LogP contribution in [0.2, 0.25) is 0 Å². The van der Waals surface area contributed by atoms with Crippen LogP contribution in [0.3, 0.4) is 0 Å². The number of nitrogens with zero attached hydrogens (tertiary/aromatic N) is 2. The van der Waals surface area contributed by atoms with Gasteiger partial charge in [-0.2, -0.15) is 13.2 Å². The average molecular weight is 277 g/mol. The number of hydrogen-bond acceptors (Lipinski definition) is 4. The van der Waals surface area contributed by atoms with Gasteiger partial charge in [-0.05, 0) is 32.9 Å². The summed E-state index contributed by atoms with van der Waals surface area (Å²) in [5.41, 5.74) is 0. The van der Waals surface area contributed by atoms with E-state index in [1.165, 1.54) is 4.90 Å². The fraction of sp³-hybridized carbons (Fsp3) is 0.750. The Balaban J connectivity index is 1.69. The third-order valence-corrected chi connectivity index (χ3v) is 3.20. The van der Waals surface area contributed by atoms with Gasteiger partial charge in [-0.25, -0.2) is 4.98 Å². The molecule has 108 valence electrons. The lowest BCUT2D eigenvalue weighted by Gasteiger charge is -2.32. The van der Waals surface area contributed by atoms with E-state index < -0.39 is 12.7 Å². The van der Waals surface area contributed by atoms with Gasteiger partial charge in [0.1, 0.15) is 5.76 Å². The molecule has 0 bridgehead atoms. The van der Waals surface area contributed by atoms with Crippen molar-refractivity contribution in [3.63, 3.8) is 0 Å². The van der Waals surface area contributed by atoms with E-state index in [0.717, 1.165) is 18.6 Å². The van der Waals surface area contributed by atoms with Gasteiger partial charge < -0.3 is 9.73 Å². The van der Waals surface area contributed by atoms with Gasteiger partial charge in [-0.3, -0.25) is 4.90 Å². The molecule has 0 amide bonds. The van der Waals surface area contributed by atoms with Gasteiger partial charge in [0.25, 0.3) is 0 Å². The highest BCUT2D eigenvalue weighted by Gasteiger charge is 2.32. The highest BCUT2D eigenvalue weighted by molar-refractivity contribution is 4.91. The van der Waals surface area contributed by atoms with E-state index in [1.54, 1.807) is 6.20 Å². The molecule has 2 heterocycles. The Labute approximate surface area is 110 Å². The Bertz CT molecular complexity index is 397. The fourth-order valence-corrected chi connectivity index (χ4v) is 2.26. The van der Waals surface area contributed by atoms with Crippen molar-refractivity contribution in [1.29, 1.82) is 0 Å². The van der Waals surface area contributed by atoms with Crippen LogP contribution in [0.25, 0.3) is 0 Å². The van der Waals surface area contributed by atoms with Crippen LogP contribution in [0.5, 0.6) is 0 Å². The normalized spacial score (nSPS) is 18.9. The van der Waals surface area contributed by atoms with Crippen molar-refractivity contribution in [2.45, 2.75) is 38.5 Å². The number of halogens is 3. The number of likely N-dealkylation sites (tertiary alicyclic amines) is 1. The lowest BCUT2D eigenvalue weighted by atomic mass is 10.1. The minimum absolute atomic E-state index is 0.233. The third-order valence-electron chi connectivity index (χ3n) is 3.20. The second-order valence-electron chi connectivity index (χ2n) is 4.91. The first-order valence-electron chi connectivity index (χ1n) is 6.36. The summed E-state index contributed by atoms with van der Waals surface area (Å²) in [6.07, 6.45) is -1.01. The number of nitrogens with one attached hydrogen (secondary N) is 1. The first kappa shape index (κ1) is 14.3. The molecule has 1 saturated heterocycles. The molecule has 0 unspecified atom stereocenters. The van der Waals surface area contributed by atoms with E-state index in [-0.39, 0.29) is 6.04 Å².